The van der Waals surface area contributed by atoms with E-state index in [2.05, 4.69) is 31.3 Å². The van der Waals surface area contributed by atoms with E-state index in [1.54, 1.807) is 6.08 Å². The van der Waals surface area contributed by atoms with Crippen molar-refractivity contribution in [1.82, 2.24) is 5.32 Å². The Bertz CT molecular complexity index is 1200. The van der Waals surface area contributed by atoms with Crippen molar-refractivity contribution < 1.29 is 24.5 Å². The number of aliphatic hydroxyl groups is 2. The van der Waals surface area contributed by atoms with Crippen LogP contribution in [0.2, 0.25) is 0 Å². The monoisotopic (exact) mass is 1080 g/mol. The first-order valence-corrected chi connectivity index (χ1v) is 35.1. The normalized spacial score (nSPS) is 12.6. The van der Waals surface area contributed by atoms with E-state index in [1.165, 1.54) is 321 Å². The number of carbonyl (C=O) groups excluding carboxylic acids is 2. The molecule has 2 atom stereocenters. The lowest BCUT2D eigenvalue weighted by atomic mass is 10.0. The molecule has 0 rings (SSSR count). The van der Waals surface area contributed by atoms with Crippen molar-refractivity contribution in [2.24, 2.45) is 0 Å². The summed E-state index contributed by atoms with van der Waals surface area (Å²) in [5.41, 5.74) is 0. The molecule has 0 saturated carbocycles. The second-order valence-corrected chi connectivity index (χ2v) is 24.2. The number of carbonyl (C=O) groups is 2. The van der Waals surface area contributed by atoms with Crippen LogP contribution in [-0.2, 0) is 14.3 Å². The highest BCUT2D eigenvalue weighted by atomic mass is 16.5. The number of nitrogens with one attached hydrogen (secondary N) is 1. The van der Waals surface area contributed by atoms with Crippen molar-refractivity contribution >= 4 is 11.9 Å². The highest BCUT2D eigenvalue weighted by Crippen LogP contribution is 2.19. The predicted octanol–water partition coefficient (Wildman–Crippen LogP) is 22.5. The number of ether oxygens (including phenoxy) is 1. The summed E-state index contributed by atoms with van der Waals surface area (Å²) in [5.74, 6) is -0.0579. The number of hydrogen-bond donors (Lipinski definition) is 3. The van der Waals surface area contributed by atoms with Gasteiger partial charge in [-0.05, 0) is 57.8 Å². The second kappa shape index (κ2) is 66.8. The fourth-order valence-electron chi connectivity index (χ4n) is 11.1. The van der Waals surface area contributed by atoms with Crippen LogP contribution in [0.1, 0.15) is 393 Å². The molecule has 0 aromatic heterocycles. The minimum atomic E-state index is -0.846. The Balaban J connectivity index is 3.40. The molecule has 0 aliphatic heterocycles. The van der Waals surface area contributed by atoms with Gasteiger partial charge >= 0.3 is 5.97 Å². The van der Waals surface area contributed by atoms with Crippen LogP contribution in [-0.4, -0.2) is 47.4 Å². The molecule has 0 saturated heterocycles. The lowest BCUT2D eigenvalue weighted by Gasteiger charge is -2.20. The molecule has 3 N–H and O–H groups in total. The summed E-state index contributed by atoms with van der Waals surface area (Å²) in [6.07, 6.45) is 83.9. The Hall–Kier alpha value is -1.66. The van der Waals surface area contributed by atoms with Gasteiger partial charge in [0.05, 0.1) is 25.4 Å². The van der Waals surface area contributed by atoms with Crippen LogP contribution in [0, 0.1) is 0 Å². The van der Waals surface area contributed by atoms with E-state index in [9.17, 15) is 19.8 Å². The van der Waals surface area contributed by atoms with Gasteiger partial charge in [0.1, 0.15) is 0 Å². The Kier molecular flexibility index (Phi) is 65.4. The van der Waals surface area contributed by atoms with Gasteiger partial charge in [0, 0.05) is 12.8 Å². The Morgan fingerprint density at radius 1 is 0.351 bits per heavy atom. The van der Waals surface area contributed by atoms with Crippen LogP contribution in [0.25, 0.3) is 0 Å². The van der Waals surface area contributed by atoms with Crippen LogP contribution in [0.4, 0.5) is 0 Å². The van der Waals surface area contributed by atoms with Gasteiger partial charge in [-0.25, -0.2) is 0 Å². The standard InChI is InChI=1S/C71H137NO5/c1-3-5-7-9-11-13-15-17-19-21-22-23-26-29-32-35-39-43-47-51-55-59-63-69(74)68(67-73)72-70(75)64-60-56-52-48-44-40-36-33-30-27-24-25-28-31-34-38-42-46-50-54-58-62-66-77-71(76)65-61-57-53-49-45-41-37-20-18-16-14-12-10-8-6-4-2/h20,37,59,63,68-69,73-74H,3-19,21-36,38-58,60-62,64-67H2,1-2H3,(H,72,75)/b37-20-,63-59+. The fraction of sp³-hybridized carbons (Fsp3) is 0.915. The first-order valence-electron chi connectivity index (χ1n) is 35.1. The molecule has 77 heavy (non-hydrogen) atoms. The average molecular weight is 1080 g/mol. The van der Waals surface area contributed by atoms with Gasteiger partial charge in [0.25, 0.3) is 0 Å². The first kappa shape index (κ1) is 75.3. The number of allylic oxidation sites excluding steroid dienone is 3. The first-order chi connectivity index (χ1) is 38.0. The summed E-state index contributed by atoms with van der Waals surface area (Å²) >= 11 is 0. The van der Waals surface area contributed by atoms with Crippen LogP contribution in [0.5, 0.6) is 0 Å². The number of amides is 1. The van der Waals surface area contributed by atoms with E-state index in [-0.39, 0.29) is 18.5 Å². The third-order valence-electron chi connectivity index (χ3n) is 16.5. The lowest BCUT2D eigenvalue weighted by Crippen LogP contribution is -2.45. The zero-order valence-electron chi connectivity index (χ0n) is 52.2. The molecule has 6 nitrogen and oxygen atoms in total. The van der Waals surface area contributed by atoms with Crippen molar-refractivity contribution in [3.05, 3.63) is 24.3 Å². The third-order valence-corrected chi connectivity index (χ3v) is 16.5. The molecule has 1 amide bonds. The molecular weight excluding hydrogens is 947 g/mol. The van der Waals surface area contributed by atoms with E-state index >= 15 is 0 Å². The smallest absolute Gasteiger partial charge is 0.305 e. The maximum atomic E-state index is 12.5. The van der Waals surface area contributed by atoms with Gasteiger partial charge in [-0.1, -0.05) is 346 Å². The highest BCUT2D eigenvalue weighted by molar-refractivity contribution is 5.76. The Morgan fingerprint density at radius 3 is 0.922 bits per heavy atom. The molecule has 0 aliphatic rings. The van der Waals surface area contributed by atoms with Crippen LogP contribution >= 0.6 is 0 Å². The molecule has 0 radical (unpaired) electrons. The minimum absolute atomic E-state index is 0.00621. The molecule has 6 heteroatoms. The van der Waals surface area contributed by atoms with Crippen molar-refractivity contribution in [2.45, 2.75) is 405 Å². The third kappa shape index (κ3) is 63.4. The molecule has 0 aliphatic carbocycles. The summed E-state index contributed by atoms with van der Waals surface area (Å²) in [6, 6.07) is -0.629. The summed E-state index contributed by atoms with van der Waals surface area (Å²) in [7, 11) is 0. The number of rotatable bonds is 66. The fourth-order valence-corrected chi connectivity index (χ4v) is 11.1. The van der Waals surface area contributed by atoms with Gasteiger partial charge in [-0.2, -0.15) is 0 Å². The molecule has 0 spiro atoms. The number of aliphatic hydroxyl groups excluding tert-OH is 2. The van der Waals surface area contributed by atoms with Crippen molar-refractivity contribution in [1.29, 1.82) is 0 Å². The molecule has 0 aromatic carbocycles. The van der Waals surface area contributed by atoms with E-state index in [1.807, 2.05) is 6.08 Å². The summed E-state index contributed by atoms with van der Waals surface area (Å²) in [4.78, 5) is 24.6. The SMILES string of the molecule is CCCCCCCCC/C=C\CCCCCCCC(=O)OCCCCCCCCCCCCCCCCCCCCCCCCC(=O)NC(CO)C(O)/C=C/CCCCCCCCCCCCCCCCCCCCCC. The zero-order valence-corrected chi connectivity index (χ0v) is 52.2. The predicted molar refractivity (Wildman–Crippen MR) is 338 cm³/mol. The average Bonchev–Trinajstić information content (AvgIpc) is 3.43. The van der Waals surface area contributed by atoms with Gasteiger partial charge in [-0.15, -0.1) is 0 Å². The van der Waals surface area contributed by atoms with Gasteiger partial charge < -0.3 is 20.3 Å². The van der Waals surface area contributed by atoms with Crippen LogP contribution < -0.4 is 5.32 Å². The number of esters is 1. The topological polar surface area (TPSA) is 95.9 Å². The van der Waals surface area contributed by atoms with Crippen molar-refractivity contribution in [3.8, 4) is 0 Å². The molecular formula is C71H137NO5. The molecule has 0 aromatic rings. The number of hydrogen-bond acceptors (Lipinski definition) is 5. The van der Waals surface area contributed by atoms with Crippen LogP contribution in [0.3, 0.4) is 0 Å². The largest absolute Gasteiger partial charge is 0.466 e. The van der Waals surface area contributed by atoms with E-state index in [0.29, 0.717) is 19.4 Å². The Morgan fingerprint density at radius 2 is 0.610 bits per heavy atom. The Labute approximate surface area is 481 Å². The van der Waals surface area contributed by atoms with Crippen LogP contribution in [0.15, 0.2) is 24.3 Å². The van der Waals surface area contributed by atoms with Gasteiger partial charge in [0.2, 0.25) is 5.91 Å². The summed E-state index contributed by atoms with van der Waals surface area (Å²) in [6.45, 7) is 4.93. The minimum Gasteiger partial charge on any atom is -0.466 e. The van der Waals surface area contributed by atoms with E-state index in [0.717, 1.165) is 44.9 Å². The lowest BCUT2D eigenvalue weighted by molar-refractivity contribution is -0.143. The van der Waals surface area contributed by atoms with E-state index in [4.69, 9.17) is 4.74 Å². The summed E-state index contributed by atoms with van der Waals surface area (Å²) < 4.78 is 5.49. The summed E-state index contributed by atoms with van der Waals surface area (Å²) in [5, 5.41) is 23.3. The highest BCUT2D eigenvalue weighted by Gasteiger charge is 2.18. The second-order valence-electron chi connectivity index (χ2n) is 24.2. The van der Waals surface area contributed by atoms with Gasteiger partial charge in [0.15, 0.2) is 0 Å². The molecule has 0 heterocycles. The quantitative estimate of drug-likeness (QED) is 0.0320. The van der Waals surface area contributed by atoms with Gasteiger partial charge in [-0.3, -0.25) is 9.59 Å². The maximum absolute atomic E-state index is 12.5. The molecule has 0 fully saturated rings. The number of unbranched alkanes of at least 4 members (excludes halogenated alkanes) is 53. The molecule has 2 unspecified atom stereocenters. The van der Waals surface area contributed by atoms with E-state index < -0.39 is 12.1 Å². The van der Waals surface area contributed by atoms with Crippen molar-refractivity contribution in [2.75, 3.05) is 13.2 Å². The molecule has 0 bridgehead atoms. The zero-order chi connectivity index (χ0) is 55.7. The van der Waals surface area contributed by atoms with Crippen molar-refractivity contribution in [3.63, 3.8) is 0 Å². The maximum Gasteiger partial charge on any atom is 0.305 e. The molecule has 456 valence electrons.